The molecule has 0 saturated heterocycles. The number of terminal acetylenes is 1. The second-order valence-corrected chi connectivity index (χ2v) is 1.82. The van der Waals surface area contributed by atoms with Crippen LogP contribution in [-0.4, -0.2) is 0 Å². The van der Waals surface area contributed by atoms with Crippen molar-refractivity contribution < 1.29 is 0 Å². The molecular weight excluding hydrogens is 96.1 g/mol. The highest BCUT2D eigenvalue weighted by Gasteiger charge is 1.77. The number of hydrogen-bond acceptors (Lipinski definition) is 0. The van der Waals surface area contributed by atoms with Gasteiger partial charge in [0.05, 0.1) is 0 Å². The van der Waals surface area contributed by atoms with Crippen molar-refractivity contribution in [3.05, 3.63) is 23.8 Å². The molecule has 0 spiro atoms. The molecule has 0 amide bonds. The summed E-state index contributed by atoms with van der Waals surface area (Å²) in [5, 5.41) is 0. The number of allylic oxidation sites excluding steroid dienone is 3. The summed E-state index contributed by atoms with van der Waals surface area (Å²) < 4.78 is 0. The van der Waals surface area contributed by atoms with Gasteiger partial charge in [-0.05, 0) is 25.5 Å². The van der Waals surface area contributed by atoms with Crippen LogP contribution in [0.5, 0.6) is 0 Å². The van der Waals surface area contributed by atoms with Gasteiger partial charge < -0.3 is 0 Å². The van der Waals surface area contributed by atoms with Crippen LogP contribution in [-0.2, 0) is 0 Å². The Kier molecular flexibility index (Phi) is 2.72. The molecule has 0 aromatic rings. The molecule has 42 valence electrons. The Morgan fingerprint density at radius 1 is 1.62 bits per heavy atom. The first-order valence-corrected chi connectivity index (χ1v) is 2.47. The fourth-order valence-corrected chi connectivity index (χ4v) is 0.411. The smallest absolute Gasteiger partial charge is 0.00110 e. The second kappa shape index (κ2) is 3.10. The predicted octanol–water partition coefficient (Wildman–Crippen LogP) is 2.14. The third-order valence-electron chi connectivity index (χ3n) is 0.691. The Balaban J connectivity index is 4.01. The summed E-state index contributed by atoms with van der Waals surface area (Å²) in [6, 6.07) is 0. The van der Waals surface area contributed by atoms with Crippen molar-refractivity contribution in [3.8, 4) is 12.3 Å². The SMILES string of the molecule is C#C/C(C)=C/C(=C)C. The first-order valence-electron chi connectivity index (χ1n) is 2.47. The standard InChI is InChI=1S/C8H10/c1-5-8(4)6-7(2)3/h1,6H,2H2,3-4H3/b8-6+. The lowest BCUT2D eigenvalue weighted by Gasteiger charge is -1.85. The summed E-state index contributed by atoms with van der Waals surface area (Å²) in [6.45, 7) is 7.47. The Bertz CT molecular complexity index is 153. The van der Waals surface area contributed by atoms with Gasteiger partial charge >= 0.3 is 0 Å². The van der Waals surface area contributed by atoms with Crippen molar-refractivity contribution >= 4 is 0 Å². The average molecular weight is 106 g/mol. The Labute approximate surface area is 50.9 Å². The van der Waals surface area contributed by atoms with Crippen LogP contribution >= 0.6 is 0 Å². The molecule has 0 fully saturated rings. The van der Waals surface area contributed by atoms with E-state index in [1.165, 1.54) is 0 Å². The first kappa shape index (κ1) is 7.04. The van der Waals surface area contributed by atoms with E-state index in [2.05, 4.69) is 12.5 Å². The van der Waals surface area contributed by atoms with Crippen LogP contribution in [0.2, 0.25) is 0 Å². The molecule has 0 aromatic heterocycles. The van der Waals surface area contributed by atoms with E-state index in [1.54, 1.807) is 0 Å². The lowest BCUT2D eigenvalue weighted by Crippen LogP contribution is -1.67. The molecule has 0 heteroatoms. The van der Waals surface area contributed by atoms with Gasteiger partial charge in [-0.1, -0.05) is 18.1 Å². The van der Waals surface area contributed by atoms with Crippen LogP contribution in [0, 0.1) is 12.3 Å². The van der Waals surface area contributed by atoms with Crippen molar-refractivity contribution in [2.24, 2.45) is 0 Å². The maximum atomic E-state index is 5.06. The lowest BCUT2D eigenvalue weighted by atomic mass is 10.2. The third kappa shape index (κ3) is 3.24. The molecule has 0 aliphatic heterocycles. The minimum Gasteiger partial charge on any atom is -0.115 e. The van der Waals surface area contributed by atoms with E-state index >= 15 is 0 Å². The zero-order valence-corrected chi connectivity index (χ0v) is 5.36. The summed E-state index contributed by atoms with van der Waals surface area (Å²) in [5.41, 5.74) is 1.93. The third-order valence-corrected chi connectivity index (χ3v) is 0.691. The zero-order chi connectivity index (χ0) is 6.57. The van der Waals surface area contributed by atoms with Crippen LogP contribution in [0.4, 0.5) is 0 Å². The van der Waals surface area contributed by atoms with Crippen molar-refractivity contribution in [2.45, 2.75) is 13.8 Å². The molecule has 0 N–H and O–H groups in total. The molecule has 0 saturated carbocycles. The lowest BCUT2D eigenvalue weighted by molar-refractivity contribution is 1.48. The van der Waals surface area contributed by atoms with E-state index in [1.807, 2.05) is 19.9 Å². The molecule has 0 aromatic carbocycles. The zero-order valence-electron chi connectivity index (χ0n) is 5.36. The minimum absolute atomic E-state index is 0.928. The van der Waals surface area contributed by atoms with Gasteiger partial charge in [0.25, 0.3) is 0 Å². The minimum atomic E-state index is 0.928. The van der Waals surface area contributed by atoms with Crippen molar-refractivity contribution in [1.29, 1.82) is 0 Å². The van der Waals surface area contributed by atoms with Gasteiger partial charge in [-0.2, -0.15) is 0 Å². The van der Waals surface area contributed by atoms with E-state index in [0.717, 1.165) is 11.1 Å². The van der Waals surface area contributed by atoms with Crippen LogP contribution < -0.4 is 0 Å². The summed E-state index contributed by atoms with van der Waals surface area (Å²) in [4.78, 5) is 0. The summed E-state index contributed by atoms with van der Waals surface area (Å²) in [5.74, 6) is 2.50. The van der Waals surface area contributed by atoms with Crippen LogP contribution in [0.3, 0.4) is 0 Å². The highest BCUT2D eigenvalue weighted by molar-refractivity contribution is 5.29. The summed E-state index contributed by atoms with van der Waals surface area (Å²) in [6.07, 6.45) is 6.94. The fraction of sp³-hybridized carbons (Fsp3) is 0.250. The van der Waals surface area contributed by atoms with Gasteiger partial charge in [-0.15, -0.1) is 6.42 Å². The van der Waals surface area contributed by atoms with Crippen LogP contribution in [0.25, 0.3) is 0 Å². The van der Waals surface area contributed by atoms with E-state index in [4.69, 9.17) is 6.42 Å². The Morgan fingerprint density at radius 2 is 2.12 bits per heavy atom. The highest BCUT2D eigenvalue weighted by atomic mass is 13.8. The van der Waals surface area contributed by atoms with E-state index in [9.17, 15) is 0 Å². The van der Waals surface area contributed by atoms with Gasteiger partial charge in [-0.25, -0.2) is 0 Å². The summed E-state index contributed by atoms with van der Waals surface area (Å²) in [7, 11) is 0. The molecule has 0 atom stereocenters. The van der Waals surface area contributed by atoms with E-state index in [0.29, 0.717) is 0 Å². The van der Waals surface area contributed by atoms with E-state index in [-0.39, 0.29) is 0 Å². The van der Waals surface area contributed by atoms with Crippen molar-refractivity contribution in [3.63, 3.8) is 0 Å². The average Bonchev–Trinajstić information content (AvgIpc) is 1.65. The topological polar surface area (TPSA) is 0 Å². The van der Waals surface area contributed by atoms with Crippen LogP contribution in [0.15, 0.2) is 23.8 Å². The van der Waals surface area contributed by atoms with Gasteiger partial charge in [0.2, 0.25) is 0 Å². The molecular formula is C8H10. The molecule has 0 radical (unpaired) electrons. The molecule has 0 aliphatic carbocycles. The number of rotatable bonds is 1. The Morgan fingerprint density at radius 3 is 2.25 bits per heavy atom. The van der Waals surface area contributed by atoms with Crippen LogP contribution in [0.1, 0.15) is 13.8 Å². The first-order chi connectivity index (χ1) is 3.66. The molecule has 0 aliphatic rings. The normalized spacial score (nSPS) is 10.4. The fourth-order valence-electron chi connectivity index (χ4n) is 0.411. The van der Waals surface area contributed by atoms with Gasteiger partial charge in [0.15, 0.2) is 0 Å². The van der Waals surface area contributed by atoms with Gasteiger partial charge in [0, 0.05) is 0 Å². The molecule has 0 bridgehead atoms. The molecule has 8 heavy (non-hydrogen) atoms. The highest BCUT2D eigenvalue weighted by Crippen LogP contribution is 1.95. The van der Waals surface area contributed by atoms with E-state index < -0.39 is 0 Å². The second-order valence-electron chi connectivity index (χ2n) is 1.82. The quantitative estimate of drug-likeness (QED) is 0.355. The molecule has 0 rings (SSSR count). The maximum absolute atomic E-state index is 5.06. The van der Waals surface area contributed by atoms with Crippen molar-refractivity contribution in [2.75, 3.05) is 0 Å². The monoisotopic (exact) mass is 106 g/mol. The largest absolute Gasteiger partial charge is 0.115 e. The number of hydrogen-bond donors (Lipinski definition) is 0. The molecule has 0 nitrogen and oxygen atoms in total. The van der Waals surface area contributed by atoms with Gasteiger partial charge in [-0.3, -0.25) is 0 Å². The maximum Gasteiger partial charge on any atom is -0.00110 e. The summed E-state index contributed by atoms with van der Waals surface area (Å²) >= 11 is 0. The molecule has 0 unspecified atom stereocenters. The molecule has 0 heterocycles. The van der Waals surface area contributed by atoms with Gasteiger partial charge in [0.1, 0.15) is 0 Å². The van der Waals surface area contributed by atoms with Crippen molar-refractivity contribution in [1.82, 2.24) is 0 Å². The Hall–Kier alpha value is -0.960. The predicted molar refractivity (Wildman–Crippen MR) is 37.4 cm³/mol.